The first-order valence-electron chi connectivity index (χ1n) is 33.6. The molecule has 0 saturated carbocycles. The number of rotatable bonds is 61. The summed E-state index contributed by atoms with van der Waals surface area (Å²) in [6, 6.07) is 0. The smallest absolute Gasteiger partial charge is 0.306 e. The molecule has 1 unspecified atom stereocenters. The summed E-state index contributed by atoms with van der Waals surface area (Å²) >= 11 is 0. The Kier molecular flexibility index (Phi) is 63.2. The zero-order valence-electron chi connectivity index (χ0n) is 51.7. The monoisotopic (exact) mass is 1090 g/mol. The Bertz CT molecular complexity index is 1480. The largest absolute Gasteiger partial charge is 0.462 e. The zero-order valence-corrected chi connectivity index (χ0v) is 51.7. The topological polar surface area (TPSA) is 78.9 Å². The molecule has 0 aliphatic rings. The molecule has 0 aromatic rings. The van der Waals surface area contributed by atoms with Gasteiger partial charge >= 0.3 is 17.9 Å². The summed E-state index contributed by atoms with van der Waals surface area (Å²) < 4.78 is 16.9. The van der Waals surface area contributed by atoms with E-state index in [2.05, 4.69) is 106 Å². The van der Waals surface area contributed by atoms with Crippen LogP contribution in [0.1, 0.15) is 335 Å². The second kappa shape index (κ2) is 66.1. The van der Waals surface area contributed by atoms with Gasteiger partial charge < -0.3 is 14.2 Å². The Morgan fingerprint density at radius 2 is 0.500 bits per heavy atom. The maximum Gasteiger partial charge on any atom is 0.306 e. The summed E-state index contributed by atoms with van der Waals surface area (Å²) in [7, 11) is 0. The predicted octanol–water partition coefficient (Wildman–Crippen LogP) is 23.1. The van der Waals surface area contributed by atoms with E-state index in [0.29, 0.717) is 19.3 Å². The van der Waals surface area contributed by atoms with E-state index in [4.69, 9.17) is 14.2 Å². The van der Waals surface area contributed by atoms with Crippen molar-refractivity contribution in [3.05, 3.63) is 85.1 Å². The average Bonchev–Trinajstić information content (AvgIpc) is 3.44. The van der Waals surface area contributed by atoms with Gasteiger partial charge in [-0.2, -0.15) is 0 Å². The number of hydrogen-bond acceptors (Lipinski definition) is 6. The molecule has 0 aliphatic heterocycles. The predicted molar refractivity (Wildman–Crippen MR) is 339 cm³/mol. The minimum atomic E-state index is -0.800. The van der Waals surface area contributed by atoms with Gasteiger partial charge in [0.15, 0.2) is 6.10 Å². The van der Waals surface area contributed by atoms with Crippen molar-refractivity contribution in [1.82, 2.24) is 0 Å². The van der Waals surface area contributed by atoms with Crippen LogP contribution in [0, 0.1) is 0 Å². The van der Waals surface area contributed by atoms with Crippen LogP contribution in [-0.4, -0.2) is 37.2 Å². The fourth-order valence-corrected chi connectivity index (χ4v) is 9.69. The molecule has 0 N–H and O–H groups in total. The third kappa shape index (κ3) is 63.4. The van der Waals surface area contributed by atoms with Gasteiger partial charge in [-0.25, -0.2) is 0 Å². The molecule has 78 heavy (non-hydrogen) atoms. The molecule has 450 valence electrons. The lowest BCUT2D eigenvalue weighted by Gasteiger charge is -2.18. The fraction of sp³-hybridized carbons (Fsp3) is 0.764. The van der Waals surface area contributed by atoms with Crippen molar-refractivity contribution in [3.8, 4) is 0 Å². The van der Waals surface area contributed by atoms with Gasteiger partial charge in [0.25, 0.3) is 0 Å². The molecule has 0 spiro atoms. The first-order chi connectivity index (χ1) is 38.5. The van der Waals surface area contributed by atoms with E-state index in [1.165, 1.54) is 186 Å². The highest BCUT2D eigenvalue weighted by atomic mass is 16.6. The van der Waals surface area contributed by atoms with Gasteiger partial charge in [-0.05, 0) is 89.9 Å². The number of carbonyl (C=O) groups excluding carboxylic acids is 3. The molecule has 0 fully saturated rings. The van der Waals surface area contributed by atoms with Crippen molar-refractivity contribution in [2.75, 3.05) is 13.2 Å². The number of unbranched alkanes of at least 4 members (excludes halogenated alkanes) is 36. The molecule has 0 aromatic heterocycles. The van der Waals surface area contributed by atoms with Crippen LogP contribution in [-0.2, 0) is 28.6 Å². The molecule has 0 bridgehead atoms. The van der Waals surface area contributed by atoms with Crippen molar-refractivity contribution in [2.24, 2.45) is 0 Å². The maximum atomic E-state index is 12.9. The van der Waals surface area contributed by atoms with Crippen molar-refractivity contribution < 1.29 is 28.6 Å². The Morgan fingerprint density at radius 1 is 0.269 bits per heavy atom. The van der Waals surface area contributed by atoms with Crippen molar-refractivity contribution >= 4 is 17.9 Å². The molecule has 0 saturated heterocycles. The van der Waals surface area contributed by atoms with Gasteiger partial charge in [0.2, 0.25) is 0 Å². The number of ether oxygens (including phenoxy) is 3. The molecule has 0 radical (unpaired) electrons. The first-order valence-corrected chi connectivity index (χ1v) is 33.6. The van der Waals surface area contributed by atoms with E-state index in [1.54, 1.807) is 0 Å². The van der Waals surface area contributed by atoms with Crippen LogP contribution in [0.15, 0.2) is 85.1 Å². The standard InChI is InChI=1S/C72H126O6/c1-4-7-10-13-16-19-22-25-28-30-31-32-33-34-35-36-37-38-39-40-42-44-47-50-53-56-59-62-65-71(74)77-68-69(67-76-70(73)64-61-58-55-52-49-46-43-27-24-21-18-15-12-9-6-3)78-72(75)66-63-60-57-54-51-48-45-41-29-26-23-20-17-14-11-8-5-2/h8-9,11-12,17-18,20-21,26-27,29,43,49,52,69H,4-7,10,13-16,19,22-25,28,30-42,44-48,50-51,53-68H2,1-3H3/b11-8-,12-9-,20-17-,21-18-,29-26-,43-27-,52-49-. The molecule has 6 heteroatoms. The number of allylic oxidation sites excluding steroid dienone is 14. The highest BCUT2D eigenvalue weighted by molar-refractivity contribution is 5.71. The number of carbonyl (C=O) groups is 3. The zero-order chi connectivity index (χ0) is 56.4. The van der Waals surface area contributed by atoms with Crippen molar-refractivity contribution in [1.29, 1.82) is 0 Å². The minimum Gasteiger partial charge on any atom is -0.462 e. The maximum absolute atomic E-state index is 12.9. The third-order valence-corrected chi connectivity index (χ3v) is 14.6. The van der Waals surface area contributed by atoms with Crippen molar-refractivity contribution in [2.45, 2.75) is 341 Å². The minimum absolute atomic E-state index is 0.0915. The van der Waals surface area contributed by atoms with Gasteiger partial charge in [0.1, 0.15) is 13.2 Å². The molecule has 0 rings (SSSR count). The number of hydrogen-bond donors (Lipinski definition) is 0. The second-order valence-corrected chi connectivity index (χ2v) is 22.3. The van der Waals surface area contributed by atoms with Crippen LogP contribution < -0.4 is 0 Å². The Hall–Kier alpha value is -3.41. The van der Waals surface area contributed by atoms with E-state index >= 15 is 0 Å². The lowest BCUT2D eigenvalue weighted by atomic mass is 10.0. The average molecular weight is 1090 g/mol. The van der Waals surface area contributed by atoms with E-state index in [0.717, 1.165) is 109 Å². The van der Waals surface area contributed by atoms with E-state index in [1.807, 2.05) is 0 Å². The lowest BCUT2D eigenvalue weighted by molar-refractivity contribution is -0.167. The SMILES string of the molecule is CC/C=C\C/C=C\C/C=C\C/C=C\CCCCC(=O)OCC(COC(=O)CCCCCCCCCCCCCCCCCCCCCCCCCCCCCC)OC(=O)CCCCCCCCC/C=C\C/C=C\C/C=C\CC. The van der Waals surface area contributed by atoms with E-state index < -0.39 is 6.10 Å². The van der Waals surface area contributed by atoms with Crippen LogP contribution >= 0.6 is 0 Å². The molecular formula is C72H126O6. The van der Waals surface area contributed by atoms with E-state index in [-0.39, 0.29) is 31.1 Å². The summed E-state index contributed by atoms with van der Waals surface area (Å²) in [4.78, 5) is 38.3. The molecule has 0 aromatic carbocycles. The van der Waals surface area contributed by atoms with Crippen LogP contribution in [0.3, 0.4) is 0 Å². The van der Waals surface area contributed by atoms with Gasteiger partial charge in [-0.15, -0.1) is 0 Å². The quantitative estimate of drug-likeness (QED) is 0.0261. The van der Waals surface area contributed by atoms with Crippen LogP contribution in [0.5, 0.6) is 0 Å². The van der Waals surface area contributed by atoms with Crippen LogP contribution in [0.25, 0.3) is 0 Å². The lowest BCUT2D eigenvalue weighted by Crippen LogP contribution is -2.30. The van der Waals surface area contributed by atoms with Crippen molar-refractivity contribution in [3.63, 3.8) is 0 Å². The molecule has 0 aliphatic carbocycles. The summed E-state index contributed by atoms with van der Waals surface area (Å²) in [6.07, 6.45) is 87.6. The van der Waals surface area contributed by atoms with Gasteiger partial charge in [0.05, 0.1) is 0 Å². The van der Waals surface area contributed by atoms with Gasteiger partial charge in [-0.1, -0.05) is 311 Å². The van der Waals surface area contributed by atoms with Gasteiger partial charge in [-0.3, -0.25) is 14.4 Å². The van der Waals surface area contributed by atoms with E-state index in [9.17, 15) is 14.4 Å². The molecule has 1 atom stereocenters. The van der Waals surface area contributed by atoms with Gasteiger partial charge in [0, 0.05) is 19.3 Å². The number of esters is 3. The highest BCUT2D eigenvalue weighted by Gasteiger charge is 2.19. The summed E-state index contributed by atoms with van der Waals surface area (Å²) in [5.41, 5.74) is 0. The van der Waals surface area contributed by atoms with Crippen LogP contribution in [0.2, 0.25) is 0 Å². The molecule has 0 amide bonds. The molecule has 0 heterocycles. The van der Waals surface area contributed by atoms with Crippen LogP contribution in [0.4, 0.5) is 0 Å². The fourth-order valence-electron chi connectivity index (χ4n) is 9.69. The third-order valence-electron chi connectivity index (χ3n) is 14.6. The summed E-state index contributed by atoms with van der Waals surface area (Å²) in [5, 5.41) is 0. The molecular weight excluding hydrogens is 961 g/mol. The highest BCUT2D eigenvalue weighted by Crippen LogP contribution is 2.18. The summed E-state index contributed by atoms with van der Waals surface area (Å²) in [6.45, 7) is 6.41. The Morgan fingerprint density at radius 3 is 0.808 bits per heavy atom. The Balaban J connectivity index is 4.27. The second-order valence-electron chi connectivity index (χ2n) is 22.3. The first kappa shape index (κ1) is 74.6. The molecule has 6 nitrogen and oxygen atoms in total. The Labute approximate surface area is 484 Å². The normalized spacial score (nSPS) is 12.6. The summed E-state index contributed by atoms with van der Waals surface area (Å²) in [5.74, 6) is -0.931.